The first-order valence-electron chi connectivity index (χ1n) is 6.45. The number of urea groups is 1. The molecule has 19 heavy (non-hydrogen) atoms. The summed E-state index contributed by atoms with van der Waals surface area (Å²) < 4.78 is 10.4. The minimum Gasteiger partial charge on any atom is -0.493 e. The van der Waals surface area contributed by atoms with Gasteiger partial charge in [0.25, 0.3) is 0 Å². The van der Waals surface area contributed by atoms with Crippen molar-refractivity contribution >= 4 is 6.03 Å². The van der Waals surface area contributed by atoms with Crippen LogP contribution in [0.25, 0.3) is 0 Å². The monoisotopic (exact) mass is 264 g/mol. The SMILES string of the molecule is COc1ccc(CNC(=O)NCC2CC2)cc1OC. The molecule has 0 spiro atoms. The molecule has 0 bridgehead atoms. The Bertz CT molecular complexity index is 444. The zero-order valence-electron chi connectivity index (χ0n) is 11.4. The molecule has 1 fully saturated rings. The van der Waals surface area contributed by atoms with Crippen molar-refractivity contribution in [2.75, 3.05) is 20.8 Å². The third-order valence-corrected chi connectivity index (χ3v) is 3.15. The van der Waals surface area contributed by atoms with Crippen LogP contribution in [0.3, 0.4) is 0 Å². The van der Waals surface area contributed by atoms with Gasteiger partial charge in [0.15, 0.2) is 11.5 Å². The zero-order valence-corrected chi connectivity index (χ0v) is 11.4. The van der Waals surface area contributed by atoms with Crippen molar-refractivity contribution in [2.45, 2.75) is 19.4 Å². The minimum atomic E-state index is -0.123. The van der Waals surface area contributed by atoms with Crippen LogP contribution >= 0.6 is 0 Å². The molecule has 104 valence electrons. The molecule has 2 rings (SSSR count). The summed E-state index contributed by atoms with van der Waals surface area (Å²) in [6.45, 7) is 1.24. The number of methoxy groups -OCH3 is 2. The molecule has 1 aromatic rings. The highest BCUT2D eigenvalue weighted by Crippen LogP contribution is 2.28. The lowest BCUT2D eigenvalue weighted by molar-refractivity contribution is 0.240. The van der Waals surface area contributed by atoms with Crippen molar-refractivity contribution in [3.63, 3.8) is 0 Å². The Balaban J connectivity index is 1.82. The van der Waals surface area contributed by atoms with Crippen molar-refractivity contribution in [3.8, 4) is 11.5 Å². The lowest BCUT2D eigenvalue weighted by Gasteiger charge is -2.10. The molecule has 1 saturated carbocycles. The number of carbonyl (C=O) groups excluding carboxylic acids is 1. The maximum atomic E-state index is 11.5. The van der Waals surface area contributed by atoms with E-state index in [1.165, 1.54) is 12.8 Å². The molecule has 2 amide bonds. The van der Waals surface area contributed by atoms with E-state index in [2.05, 4.69) is 10.6 Å². The van der Waals surface area contributed by atoms with Crippen LogP contribution in [0, 0.1) is 5.92 Å². The van der Waals surface area contributed by atoms with Gasteiger partial charge in [-0.05, 0) is 36.5 Å². The highest BCUT2D eigenvalue weighted by atomic mass is 16.5. The Hall–Kier alpha value is -1.91. The summed E-state index contributed by atoms with van der Waals surface area (Å²) in [7, 11) is 3.19. The predicted octanol–water partition coefficient (Wildman–Crippen LogP) is 1.91. The van der Waals surface area contributed by atoms with Crippen LogP contribution in [-0.2, 0) is 6.54 Å². The Morgan fingerprint density at radius 2 is 1.95 bits per heavy atom. The van der Waals surface area contributed by atoms with Gasteiger partial charge >= 0.3 is 6.03 Å². The topological polar surface area (TPSA) is 59.6 Å². The summed E-state index contributed by atoms with van der Waals surface area (Å²) in [5.41, 5.74) is 0.972. The molecule has 0 aromatic heterocycles. The Morgan fingerprint density at radius 3 is 2.58 bits per heavy atom. The van der Waals surface area contributed by atoms with Gasteiger partial charge in [0.1, 0.15) is 0 Å². The maximum absolute atomic E-state index is 11.5. The fourth-order valence-electron chi connectivity index (χ4n) is 1.79. The Morgan fingerprint density at radius 1 is 1.21 bits per heavy atom. The first-order chi connectivity index (χ1) is 9.22. The van der Waals surface area contributed by atoms with Crippen molar-refractivity contribution in [2.24, 2.45) is 5.92 Å². The van der Waals surface area contributed by atoms with Crippen LogP contribution in [0.1, 0.15) is 18.4 Å². The van der Waals surface area contributed by atoms with Gasteiger partial charge in [-0.2, -0.15) is 0 Å². The molecule has 0 saturated heterocycles. The second kappa shape index (κ2) is 6.31. The molecule has 5 nitrogen and oxygen atoms in total. The van der Waals surface area contributed by atoms with Gasteiger partial charge in [-0.1, -0.05) is 6.07 Å². The van der Waals surface area contributed by atoms with Crippen molar-refractivity contribution < 1.29 is 14.3 Å². The molecular weight excluding hydrogens is 244 g/mol. The maximum Gasteiger partial charge on any atom is 0.315 e. The van der Waals surface area contributed by atoms with Gasteiger partial charge < -0.3 is 20.1 Å². The highest BCUT2D eigenvalue weighted by Gasteiger charge is 2.21. The molecule has 0 heterocycles. The highest BCUT2D eigenvalue weighted by molar-refractivity contribution is 5.73. The summed E-state index contributed by atoms with van der Waals surface area (Å²) >= 11 is 0. The van der Waals surface area contributed by atoms with E-state index in [1.54, 1.807) is 14.2 Å². The first-order valence-corrected chi connectivity index (χ1v) is 6.45. The first kappa shape index (κ1) is 13.5. The lowest BCUT2D eigenvalue weighted by Crippen LogP contribution is -2.36. The van der Waals surface area contributed by atoms with Crippen LogP contribution in [-0.4, -0.2) is 26.8 Å². The van der Waals surface area contributed by atoms with Crippen molar-refractivity contribution in [3.05, 3.63) is 23.8 Å². The Kier molecular flexibility index (Phi) is 4.49. The molecule has 2 N–H and O–H groups in total. The minimum absolute atomic E-state index is 0.123. The molecule has 0 unspecified atom stereocenters. The second-order valence-corrected chi connectivity index (χ2v) is 4.70. The fourth-order valence-corrected chi connectivity index (χ4v) is 1.79. The van der Waals surface area contributed by atoms with E-state index in [4.69, 9.17) is 9.47 Å². The standard InChI is InChI=1S/C14H20N2O3/c1-18-12-6-5-11(7-13(12)19-2)9-16-14(17)15-8-10-3-4-10/h5-7,10H,3-4,8-9H2,1-2H3,(H2,15,16,17). The van der Waals surface area contributed by atoms with Crippen LogP contribution < -0.4 is 20.1 Å². The molecule has 0 radical (unpaired) electrons. The van der Waals surface area contributed by atoms with E-state index in [1.807, 2.05) is 18.2 Å². The number of carbonyl (C=O) groups is 1. The smallest absolute Gasteiger partial charge is 0.315 e. The van der Waals surface area contributed by atoms with E-state index in [0.717, 1.165) is 12.1 Å². The quantitative estimate of drug-likeness (QED) is 0.825. The number of rotatable bonds is 6. The summed E-state index contributed by atoms with van der Waals surface area (Å²) in [4.78, 5) is 11.5. The van der Waals surface area contributed by atoms with Crippen molar-refractivity contribution in [1.82, 2.24) is 10.6 Å². The second-order valence-electron chi connectivity index (χ2n) is 4.70. The van der Waals surface area contributed by atoms with E-state index >= 15 is 0 Å². The number of benzene rings is 1. The number of nitrogens with one attached hydrogen (secondary N) is 2. The van der Waals surface area contributed by atoms with Gasteiger partial charge in [0, 0.05) is 13.1 Å². The molecular formula is C14H20N2O3. The molecule has 1 aliphatic rings. The number of hydrogen-bond acceptors (Lipinski definition) is 3. The average molecular weight is 264 g/mol. The van der Waals surface area contributed by atoms with Crippen LogP contribution in [0.2, 0.25) is 0 Å². The third-order valence-electron chi connectivity index (χ3n) is 3.15. The van der Waals surface area contributed by atoms with Crippen LogP contribution in [0.5, 0.6) is 11.5 Å². The summed E-state index contributed by atoms with van der Waals surface area (Å²) in [5.74, 6) is 2.04. The zero-order chi connectivity index (χ0) is 13.7. The number of ether oxygens (including phenoxy) is 2. The molecule has 0 atom stereocenters. The normalized spacial score (nSPS) is 13.8. The summed E-state index contributed by atoms with van der Waals surface area (Å²) in [6.07, 6.45) is 2.46. The van der Waals surface area contributed by atoms with Crippen LogP contribution in [0.15, 0.2) is 18.2 Å². The average Bonchev–Trinajstić information content (AvgIpc) is 3.26. The van der Waals surface area contributed by atoms with E-state index < -0.39 is 0 Å². The van der Waals surface area contributed by atoms with Gasteiger partial charge in [-0.25, -0.2) is 4.79 Å². The van der Waals surface area contributed by atoms with Gasteiger partial charge in [0.05, 0.1) is 14.2 Å². The molecule has 1 aliphatic carbocycles. The third kappa shape index (κ3) is 4.05. The lowest BCUT2D eigenvalue weighted by atomic mass is 10.2. The number of amides is 2. The van der Waals surface area contributed by atoms with Gasteiger partial charge in [-0.15, -0.1) is 0 Å². The summed E-state index contributed by atoms with van der Waals surface area (Å²) in [6, 6.07) is 5.47. The van der Waals surface area contributed by atoms with Gasteiger partial charge in [0.2, 0.25) is 0 Å². The fraction of sp³-hybridized carbons (Fsp3) is 0.500. The van der Waals surface area contributed by atoms with Crippen LogP contribution in [0.4, 0.5) is 4.79 Å². The van der Waals surface area contributed by atoms with E-state index in [0.29, 0.717) is 24.0 Å². The largest absolute Gasteiger partial charge is 0.493 e. The summed E-state index contributed by atoms with van der Waals surface area (Å²) in [5, 5.41) is 5.68. The molecule has 0 aliphatic heterocycles. The molecule has 1 aromatic carbocycles. The number of hydrogen-bond donors (Lipinski definition) is 2. The predicted molar refractivity (Wildman–Crippen MR) is 72.5 cm³/mol. The van der Waals surface area contributed by atoms with Gasteiger partial charge in [-0.3, -0.25) is 0 Å². The van der Waals surface area contributed by atoms with Crippen molar-refractivity contribution in [1.29, 1.82) is 0 Å². The Labute approximate surface area is 113 Å². The van der Waals surface area contributed by atoms with E-state index in [-0.39, 0.29) is 6.03 Å². The van der Waals surface area contributed by atoms with E-state index in [9.17, 15) is 4.79 Å². The molecule has 5 heteroatoms.